The van der Waals surface area contributed by atoms with Crippen molar-refractivity contribution in [3.05, 3.63) is 88.6 Å². The zero-order valence-corrected chi connectivity index (χ0v) is 15.8. The maximum Gasteiger partial charge on any atom is 0.416 e. The van der Waals surface area contributed by atoms with E-state index in [-0.39, 0.29) is 5.78 Å². The number of hydrogen-bond donors (Lipinski definition) is 0. The zero-order chi connectivity index (χ0) is 19.7. The molecule has 0 saturated carbocycles. The summed E-state index contributed by atoms with van der Waals surface area (Å²) >= 11 is 1.42. The predicted molar refractivity (Wildman–Crippen MR) is 105 cm³/mol. The summed E-state index contributed by atoms with van der Waals surface area (Å²) in [6.07, 6.45) is 1.42. The Bertz CT molecular complexity index is 950. The number of Topliss-reactive ketones (excluding diaryl/α,β-unsaturated/α-hetero) is 1. The van der Waals surface area contributed by atoms with Gasteiger partial charge in [-0.15, -0.1) is 0 Å². The molecule has 6 heteroatoms. The first-order valence-electron chi connectivity index (χ1n) is 9.06. The molecule has 1 unspecified atom stereocenters. The molecule has 2 aliphatic heterocycles. The number of thioether (sulfide) groups is 1. The van der Waals surface area contributed by atoms with Gasteiger partial charge in [-0.05, 0) is 36.1 Å². The van der Waals surface area contributed by atoms with Gasteiger partial charge in [0, 0.05) is 12.7 Å². The van der Waals surface area contributed by atoms with E-state index in [2.05, 4.69) is 0 Å². The molecule has 28 heavy (non-hydrogen) atoms. The van der Waals surface area contributed by atoms with Gasteiger partial charge in [-0.1, -0.05) is 60.3 Å². The lowest BCUT2D eigenvalue weighted by Crippen LogP contribution is -2.19. The number of ketones is 1. The fourth-order valence-electron chi connectivity index (χ4n) is 3.46. The molecule has 0 saturated heterocycles. The van der Waals surface area contributed by atoms with E-state index in [4.69, 9.17) is 0 Å². The smallest absolute Gasteiger partial charge is 0.342 e. The minimum Gasteiger partial charge on any atom is -0.342 e. The van der Waals surface area contributed by atoms with Crippen LogP contribution in [0.15, 0.2) is 71.9 Å². The Labute approximate surface area is 165 Å². The number of nitrogens with zero attached hydrogens (tertiary/aromatic N) is 1. The first-order valence-corrected chi connectivity index (χ1v) is 9.94. The average Bonchev–Trinajstić information content (AvgIpc) is 3.06. The van der Waals surface area contributed by atoms with Crippen LogP contribution in [0.2, 0.25) is 0 Å². The van der Waals surface area contributed by atoms with E-state index in [1.807, 2.05) is 47.5 Å². The van der Waals surface area contributed by atoms with Gasteiger partial charge < -0.3 is 4.90 Å². The van der Waals surface area contributed by atoms with E-state index in [1.54, 1.807) is 6.07 Å². The molecule has 0 N–H and O–H groups in total. The molecule has 4 rings (SSSR count). The monoisotopic (exact) mass is 401 g/mol. The second-order valence-electron chi connectivity index (χ2n) is 6.75. The van der Waals surface area contributed by atoms with Crippen LogP contribution in [-0.4, -0.2) is 17.2 Å². The number of carbonyl (C=O) groups excluding carboxylic acids is 1. The first kappa shape index (κ1) is 18.9. The van der Waals surface area contributed by atoms with Gasteiger partial charge >= 0.3 is 6.18 Å². The van der Waals surface area contributed by atoms with E-state index >= 15 is 0 Å². The Kier molecular flexibility index (Phi) is 5.06. The summed E-state index contributed by atoms with van der Waals surface area (Å²) in [5.41, 5.74) is 0.807. The summed E-state index contributed by atoms with van der Waals surface area (Å²) in [6, 6.07) is 14.4. The van der Waals surface area contributed by atoms with Crippen LogP contribution in [0.3, 0.4) is 0 Å². The number of allylic oxidation sites excluding steroid dienone is 2. The molecule has 2 aromatic rings. The van der Waals surface area contributed by atoms with Gasteiger partial charge in [-0.2, -0.15) is 13.2 Å². The van der Waals surface area contributed by atoms with Crippen LogP contribution in [0.4, 0.5) is 13.2 Å². The Morgan fingerprint density at radius 3 is 2.50 bits per heavy atom. The van der Waals surface area contributed by atoms with Gasteiger partial charge in [0.1, 0.15) is 0 Å². The van der Waals surface area contributed by atoms with E-state index in [1.165, 1.54) is 17.8 Å². The SMILES string of the molecule is O=C1C(c2cccc(C(F)(F)F)c2)=C(N2C=CCCC2)SC1c1ccccc1. The Morgan fingerprint density at radius 1 is 1.04 bits per heavy atom. The number of carbonyl (C=O) groups is 1. The van der Waals surface area contributed by atoms with Crippen LogP contribution in [0, 0.1) is 0 Å². The van der Waals surface area contributed by atoms with E-state index < -0.39 is 17.0 Å². The summed E-state index contributed by atoms with van der Waals surface area (Å²) in [5, 5.41) is 0.283. The lowest BCUT2D eigenvalue weighted by atomic mass is 9.96. The maximum atomic E-state index is 13.3. The average molecular weight is 401 g/mol. The molecule has 2 heterocycles. The van der Waals surface area contributed by atoms with Gasteiger partial charge in [-0.3, -0.25) is 4.79 Å². The molecule has 2 aliphatic rings. The van der Waals surface area contributed by atoms with Crippen molar-refractivity contribution >= 4 is 23.1 Å². The van der Waals surface area contributed by atoms with Crippen molar-refractivity contribution in [1.82, 2.24) is 4.90 Å². The number of benzene rings is 2. The third-order valence-electron chi connectivity index (χ3n) is 4.82. The third kappa shape index (κ3) is 3.61. The van der Waals surface area contributed by atoms with Crippen molar-refractivity contribution < 1.29 is 18.0 Å². The minimum absolute atomic E-state index is 0.149. The molecular weight excluding hydrogens is 383 g/mol. The summed E-state index contributed by atoms with van der Waals surface area (Å²) < 4.78 is 39.7. The van der Waals surface area contributed by atoms with Crippen LogP contribution in [0.1, 0.15) is 34.8 Å². The number of alkyl halides is 3. The van der Waals surface area contributed by atoms with Gasteiger partial charge in [0.15, 0.2) is 5.78 Å². The molecule has 144 valence electrons. The lowest BCUT2D eigenvalue weighted by Gasteiger charge is -2.25. The number of rotatable bonds is 3. The fraction of sp³-hybridized carbons (Fsp3) is 0.227. The van der Waals surface area contributed by atoms with Crippen molar-refractivity contribution in [2.45, 2.75) is 24.3 Å². The second-order valence-corrected chi connectivity index (χ2v) is 7.85. The van der Waals surface area contributed by atoms with Gasteiger partial charge in [-0.25, -0.2) is 0 Å². The second kappa shape index (κ2) is 7.51. The zero-order valence-electron chi connectivity index (χ0n) is 14.9. The van der Waals surface area contributed by atoms with E-state index in [0.29, 0.717) is 11.1 Å². The van der Waals surface area contributed by atoms with Gasteiger partial charge in [0.25, 0.3) is 0 Å². The molecule has 0 bridgehead atoms. The summed E-state index contributed by atoms with van der Waals surface area (Å²) in [7, 11) is 0. The van der Waals surface area contributed by atoms with Crippen LogP contribution in [-0.2, 0) is 11.0 Å². The third-order valence-corrected chi connectivity index (χ3v) is 6.21. The highest BCUT2D eigenvalue weighted by Crippen LogP contribution is 2.50. The number of hydrogen-bond acceptors (Lipinski definition) is 3. The van der Waals surface area contributed by atoms with Crippen molar-refractivity contribution in [3.8, 4) is 0 Å². The summed E-state index contributed by atoms with van der Waals surface area (Å²) in [4.78, 5) is 15.3. The van der Waals surface area contributed by atoms with Crippen molar-refractivity contribution in [2.75, 3.05) is 6.54 Å². The predicted octanol–water partition coefficient (Wildman–Crippen LogP) is 6.04. The summed E-state index contributed by atoms with van der Waals surface area (Å²) in [5.74, 6) is -0.149. The lowest BCUT2D eigenvalue weighted by molar-refractivity contribution is -0.137. The molecule has 0 aliphatic carbocycles. The first-order chi connectivity index (χ1) is 13.4. The Hall–Kier alpha value is -2.47. The standard InChI is InChI=1S/C22H18F3NOS/c23-22(24,25)17-11-7-10-16(14-17)18-19(27)20(15-8-3-1-4-9-15)28-21(18)26-12-5-2-6-13-26/h1,3-5,7-12,14,20H,2,6,13H2. The Balaban J connectivity index is 1.81. The van der Waals surface area contributed by atoms with Crippen LogP contribution < -0.4 is 0 Å². The van der Waals surface area contributed by atoms with Crippen LogP contribution >= 0.6 is 11.8 Å². The van der Waals surface area contributed by atoms with Gasteiger partial charge in [0.05, 0.1) is 21.4 Å². The van der Waals surface area contributed by atoms with Crippen molar-refractivity contribution in [1.29, 1.82) is 0 Å². The molecule has 2 aromatic carbocycles. The van der Waals surface area contributed by atoms with Crippen molar-refractivity contribution in [2.24, 2.45) is 0 Å². The normalized spacial score (nSPS) is 20.2. The molecular formula is C22H18F3NOS. The molecule has 0 radical (unpaired) electrons. The molecule has 1 atom stereocenters. The summed E-state index contributed by atoms with van der Waals surface area (Å²) in [6.45, 7) is 0.746. The highest BCUT2D eigenvalue weighted by molar-refractivity contribution is 8.04. The molecule has 0 spiro atoms. The molecule has 0 aromatic heterocycles. The van der Waals surface area contributed by atoms with E-state index in [0.717, 1.165) is 42.1 Å². The molecule has 2 nitrogen and oxygen atoms in total. The quantitative estimate of drug-likeness (QED) is 0.625. The van der Waals surface area contributed by atoms with Gasteiger partial charge in [0.2, 0.25) is 0 Å². The highest BCUT2D eigenvalue weighted by atomic mass is 32.2. The topological polar surface area (TPSA) is 20.3 Å². The molecule has 0 fully saturated rings. The fourth-order valence-corrected chi connectivity index (χ4v) is 4.83. The van der Waals surface area contributed by atoms with Crippen LogP contribution in [0.25, 0.3) is 5.57 Å². The maximum absolute atomic E-state index is 13.3. The minimum atomic E-state index is -4.45. The Morgan fingerprint density at radius 2 is 1.82 bits per heavy atom. The highest BCUT2D eigenvalue weighted by Gasteiger charge is 2.39. The molecule has 0 amide bonds. The largest absolute Gasteiger partial charge is 0.416 e. The number of halogens is 3. The van der Waals surface area contributed by atoms with Crippen molar-refractivity contribution in [3.63, 3.8) is 0 Å². The van der Waals surface area contributed by atoms with Crippen LogP contribution in [0.5, 0.6) is 0 Å². The van der Waals surface area contributed by atoms with E-state index in [9.17, 15) is 18.0 Å².